The van der Waals surface area contributed by atoms with Crippen molar-refractivity contribution in [1.82, 2.24) is 0 Å². The molecule has 0 saturated heterocycles. The van der Waals surface area contributed by atoms with Crippen LogP contribution in [0.3, 0.4) is 0 Å². The second-order valence-corrected chi connectivity index (χ2v) is 9.37. The summed E-state index contributed by atoms with van der Waals surface area (Å²) in [7, 11) is -1.71. The zero-order valence-corrected chi connectivity index (χ0v) is 11.4. The fourth-order valence-electron chi connectivity index (χ4n) is 1.05. The second-order valence-electron chi connectivity index (χ2n) is 4.08. The van der Waals surface area contributed by atoms with Gasteiger partial charge in [-0.15, -0.1) is 0 Å². The van der Waals surface area contributed by atoms with Crippen LogP contribution in [-0.4, -0.2) is 13.2 Å². The molecule has 0 radical (unpaired) electrons. The lowest BCUT2D eigenvalue weighted by atomic mass is 10.3. The van der Waals surface area contributed by atoms with Gasteiger partial charge in [0.2, 0.25) is 8.32 Å². The Morgan fingerprint density at radius 2 is 2.00 bits per heavy atom. The van der Waals surface area contributed by atoms with Crippen molar-refractivity contribution in [3.05, 3.63) is 32.8 Å². The van der Waals surface area contributed by atoms with Gasteiger partial charge in [0, 0.05) is 0 Å². The third-order valence-electron chi connectivity index (χ3n) is 1.54. The summed E-state index contributed by atoms with van der Waals surface area (Å²) in [5, 5.41) is 10.7. The van der Waals surface area contributed by atoms with Crippen molar-refractivity contribution in [3.63, 3.8) is 0 Å². The zero-order valence-electron chi connectivity index (χ0n) is 8.78. The molecule has 0 N–H and O–H groups in total. The van der Waals surface area contributed by atoms with E-state index in [1.807, 2.05) is 19.6 Å². The summed E-state index contributed by atoms with van der Waals surface area (Å²) in [6.07, 6.45) is 0. The minimum atomic E-state index is -1.71. The molecule has 4 nitrogen and oxygen atoms in total. The largest absolute Gasteiger partial charge is 0.544 e. The molecule has 15 heavy (non-hydrogen) atoms. The average Bonchev–Trinajstić information content (AvgIpc) is 2.05. The SMILES string of the molecule is C[Si](C)(C)Oc1ccc(Br)c([N+](=O)[O-])c1. The fraction of sp³-hybridized carbons (Fsp3) is 0.333. The molecule has 0 amide bonds. The number of benzene rings is 1. The Labute approximate surface area is 97.7 Å². The normalized spacial score (nSPS) is 11.2. The predicted molar refractivity (Wildman–Crippen MR) is 64.8 cm³/mol. The van der Waals surface area contributed by atoms with Crippen LogP contribution in [0.4, 0.5) is 5.69 Å². The molecule has 0 fully saturated rings. The van der Waals surface area contributed by atoms with E-state index < -0.39 is 13.2 Å². The van der Waals surface area contributed by atoms with Crippen molar-refractivity contribution in [1.29, 1.82) is 0 Å². The van der Waals surface area contributed by atoms with Crippen LogP contribution >= 0.6 is 15.9 Å². The Kier molecular flexibility index (Phi) is 3.51. The number of nitro benzene ring substituents is 1. The molecule has 82 valence electrons. The molecule has 6 heteroatoms. The van der Waals surface area contributed by atoms with Gasteiger partial charge in [0.25, 0.3) is 5.69 Å². The molecule has 0 atom stereocenters. The van der Waals surface area contributed by atoms with Crippen molar-refractivity contribution in [2.75, 3.05) is 0 Å². The molecule has 0 saturated carbocycles. The number of rotatable bonds is 3. The van der Waals surface area contributed by atoms with E-state index in [1.54, 1.807) is 12.1 Å². The van der Waals surface area contributed by atoms with Gasteiger partial charge in [0.05, 0.1) is 15.5 Å². The van der Waals surface area contributed by atoms with Crippen LogP contribution in [0.2, 0.25) is 19.6 Å². The standard InChI is InChI=1S/C9H12BrNO3Si/c1-15(2,3)14-7-4-5-8(10)9(6-7)11(12)13/h4-6H,1-3H3. The molecule has 0 bridgehead atoms. The van der Waals surface area contributed by atoms with Gasteiger partial charge in [0.15, 0.2) is 0 Å². The predicted octanol–water partition coefficient (Wildman–Crippen LogP) is 3.57. The molecule has 0 aliphatic heterocycles. The highest BCUT2D eigenvalue weighted by Gasteiger charge is 2.19. The summed E-state index contributed by atoms with van der Waals surface area (Å²) in [4.78, 5) is 10.2. The molecule has 0 heterocycles. The molecule has 0 unspecified atom stereocenters. The van der Waals surface area contributed by atoms with E-state index in [0.29, 0.717) is 10.2 Å². The van der Waals surface area contributed by atoms with Crippen LogP contribution in [0.25, 0.3) is 0 Å². The number of hydrogen-bond donors (Lipinski definition) is 0. The summed E-state index contributed by atoms with van der Waals surface area (Å²) in [6.45, 7) is 6.09. The number of nitrogens with zero attached hydrogens (tertiary/aromatic N) is 1. The second kappa shape index (κ2) is 4.32. The molecule has 0 aliphatic rings. The quantitative estimate of drug-likeness (QED) is 0.486. The van der Waals surface area contributed by atoms with Crippen molar-refractivity contribution >= 4 is 29.9 Å². The van der Waals surface area contributed by atoms with E-state index in [9.17, 15) is 10.1 Å². The van der Waals surface area contributed by atoms with Gasteiger partial charge in [0.1, 0.15) is 5.75 Å². The monoisotopic (exact) mass is 289 g/mol. The summed E-state index contributed by atoms with van der Waals surface area (Å²) in [5.74, 6) is 0.559. The Morgan fingerprint density at radius 3 is 2.47 bits per heavy atom. The fourth-order valence-corrected chi connectivity index (χ4v) is 2.27. The Balaban J connectivity index is 3.03. The van der Waals surface area contributed by atoms with Crippen molar-refractivity contribution in [2.45, 2.75) is 19.6 Å². The van der Waals surface area contributed by atoms with Crippen molar-refractivity contribution in [3.8, 4) is 5.75 Å². The van der Waals surface area contributed by atoms with E-state index in [-0.39, 0.29) is 5.69 Å². The number of halogens is 1. The smallest absolute Gasteiger partial charge is 0.287 e. The van der Waals surface area contributed by atoms with Crippen LogP contribution in [-0.2, 0) is 0 Å². The Bertz CT molecular complexity index is 389. The summed E-state index contributed by atoms with van der Waals surface area (Å²) >= 11 is 3.12. The van der Waals surface area contributed by atoms with Crippen molar-refractivity contribution in [2.24, 2.45) is 0 Å². The summed E-state index contributed by atoms with van der Waals surface area (Å²) in [6, 6.07) is 4.81. The van der Waals surface area contributed by atoms with Gasteiger partial charge < -0.3 is 4.43 Å². The van der Waals surface area contributed by atoms with Crippen molar-refractivity contribution < 1.29 is 9.35 Å². The lowest BCUT2D eigenvalue weighted by Crippen LogP contribution is -2.29. The zero-order chi connectivity index (χ0) is 11.6. The third-order valence-corrected chi connectivity index (χ3v) is 3.06. The highest BCUT2D eigenvalue weighted by Crippen LogP contribution is 2.29. The number of nitro groups is 1. The topological polar surface area (TPSA) is 52.4 Å². The molecule has 0 aromatic heterocycles. The van der Waals surface area contributed by atoms with Gasteiger partial charge >= 0.3 is 0 Å². The Morgan fingerprint density at radius 1 is 1.40 bits per heavy atom. The van der Waals surface area contributed by atoms with E-state index in [1.165, 1.54) is 6.07 Å². The van der Waals surface area contributed by atoms with E-state index in [0.717, 1.165) is 0 Å². The minimum Gasteiger partial charge on any atom is -0.544 e. The van der Waals surface area contributed by atoms with E-state index in [4.69, 9.17) is 4.43 Å². The molecular formula is C9H12BrNO3Si. The molecule has 1 aromatic rings. The van der Waals surface area contributed by atoms with Gasteiger partial charge in [-0.25, -0.2) is 0 Å². The van der Waals surface area contributed by atoms with Gasteiger partial charge in [-0.1, -0.05) is 0 Å². The molecule has 0 aliphatic carbocycles. The lowest BCUT2D eigenvalue weighted by molar-refractivity contribution is -0.385. The van der Waals surface area contributed by atoms with Crippen LogP contribution in [0.1, 0.15) is 0 Å². The summed E-state index contributed by atoms with van der Waals surface area (Å²) < 4.78 is 6.13. The first-order chi connectivity index (χ1) is 6.79. The third kappa shape index (κ3) is 3.64. The highest BCUT2D eigenvalue weighted by atomic mass is 79.9. The van der Waals surface area contributed by atoms with Crippen LogP contribution in [0, 0.1) is 10.1 Å². The maximum Gasteiger partial charge on any atom is 0.287 e. The van der Waals surface area contributed by atoms with Gasteiger partial charge in [-0.05, 0) is 47.7 Å². The maximum atomic E-state index is 10.7. The summed E-state index contributed by atoms with van der Waals surface area (Å²) in [5.41, 5.74) is 0.0331. The van der Waals surface area contributed by atoms with Gasteiger partial charge in [-0.2, -0.15) is 0 Å². The van der Waals surface area contributed by atoms with Gasteiger partial charge in [-0.3, -0.25) is 10.1 Å². The highest BCUT2D eigenvalue weighted by molar-refractivity contribution is 9.10. The maximum absolute atomic E-state index is 10.7. The van der Waals surface area contributed by atoms with E-state index in [2.05, 4.69) is 15.9 Å². The molecule has 1 rings (SSSR count). The lowest BCUT2D eigenvalue weighted by Gasteiger charge is -2.18. The first kappa shape index (κ1) is 12.2. The minimum absolute atomic E-state index is 0.0331. The number of hydrogen-bond acceptors (Lipinski definition) is 3. The first-order valence-corrected chi connectivity index (χ1v) is 8.63. The molecule has 0 spiro atoms. The molecular weight excluding hydrogens is 278 g/mol. The van der Waals surface area contributed by atoms with Crippen LogP contribution in [0.15, 0.2) is 22.7 Å². The van der Waals surface area contributed by atoms with E-state index >= 15 is 0 Å². The van der Waals surface area contributed by atoms with Crippen LogP contribution < -0.4 is 4.43 Å². The average molecular weight is 290 g/mol. The first-order valence-electron chi connectivity index (χ1n) is 4.42. The van der Waals surface area contributed by atoms with Crippen LogP contribution in [0.5, 0.6) is 5.75 Å². The molecule has 1 aromatic carbocycles. The Hall–Kier alpha value is -0.883.